The van der Waals surface area contributed by atoms with Gasteiger partial charge < -0.3 is 19.8 Å². The summed E-state index contributed by atoms with van der Waals surface area (Å²) in [7, 11) is 0. The van der Waals surface area contributed by atoms with Crippen LogP contribution in [0.5, 0.6) is 0 Å². The van der Waals surface area contributed by atoms with Gasteiger partial charge in [0.1, 0.15) is 5.69 Å². The van der Waals surface area contributed by atoms with Gasteiger partial charge in [-0.15, -0.1) is 0 Å². The number of nitrogens with one attached hydrogen (secondary N) is 2. The summed E-state index contributed by atoms with van der Waals surface area (Å²) in [5, 5.41) is 2.89. The molecule has 0 bridgehead atoms. The Hall–Kier alpha value is -1.82. The molecule has 1 amide bonds. The lowest BCUT2D eigenvalue weighted by atomic mass is 9.98. The molecule has 0 radical (unpaired) electrons. The van der Waals surface area contributed by atoms with E-state index in [1.807, 2.05) is 0 Å². The van der Waals surface area contributed by atoms with E-state index < -0.39 is 5.97 Å². The number of hydrogen-bond acceptors (Lipinski definition) is 4. The molecule has 0 atom stereocenters. The van der Waals surface area contributed by atoms with Gasteiger partial charge in [0.2, 0.25) is 0 Å². The number of amides is 1. The lowest BCUT2D eigenvalue weighted by Crippen LogP contribution is -2.27. The van der Waals surface area contributed by atoms with Gasteiger partial charge in [0.25, 0.3) is 5.91 Å². The largest absolute Gasteiger partial charge is 0.462 e. The van der Waals surface area contributed by atoms with E-state index in [1.165, 1.54) is 19.3 Å². The Morgan fingerprint density at radius 1 is 1.20 bits per heavy atom. The fourth-order valence-electron chi connectivity index (χ4n) is 3.33. The van der Waals surface area contributed by atoms with Crippen LogP contribution < -0.4 is 5.32 Å². The molecule has 0 saturated heterocycles. The third-order valence-electron chi connectivity index (χ3n) is 4.66. The number of H-pyrrole nitrogens is 1. The van der Waals surface area contributed by atoms with Gasteiger partial charge in [-0.2, -0.15) is 0 Å². The van der Waals surface area contributed by atoms with E-state index in [9.17, 15) is 9.59 Å². The van der Waals surface area contributed by atoms with Crippen molar-refractivity contribution < 1.29 is 19.1 Å². The van der Waals surface area contributed by atoms with Gasteiger partial charge in [0.15, 0.2) is 0 Å². The number of hydrogen-bond donors (Lipinski definition) is 2. The molecule has 1 aliphatic carbocycles. The lowest BCUT2D eigenvalue weighted by molar-refractivity contribution is 0.0273. The molecule has 6 heteroatoms. The zero-order valence-electron chi connectivity index (χ0n) is 15.6. The summed E-state index contributed by atoms with van der Waals surface area (Å²) in [5.41, 5.74) is 2.16. The Morgan fingerprint density at radius 2 is 1.92 bits per heavy atom. The van der Waals surface area contributed by atoms with Crippen LogP contribution >= 0.6 is 0 Å². The molecule has 1 fully saturated rings. The summed E-state index contributed by atoms with van der Waals surface area (Å²) in [5.74, 6) is -0.595. The predicted molar refractivity (Wildman–Crippen MR) is 96.0 cm³/mol. The van der Waals surface area contributed by atoms with E-state index in [4.69, 9.17) is 9.47 Å². The molecule has 1 aromatic heterocycles. The molecule has 0 aliphatic heterocycles. The second-order valence-corrected chi connectivity index (χ2v) is 6.59. The van der Waals surface area contributed by atoms with Crippen molar-refractivity contribution in [3.8, 4) is 0 Å². The minimum absolute atomic E-state index is 0.200. The maximum Gasteiger partial charge on any atom is 0.340 e. The number of carbonyl (C=O) groups excluding carboxylic acids is 2. The van der Waals surface area contributed by atoms with Crippen LogP contribution in [0.25, 0.3) is 0 Å². The molecule has 1 saturated carbocycles. The summed E-state index contributed by atoms with van der Waals surface area (Å²) >= 11 is 0. The van der Waals surface area contributed by atoms with Crippen molar-refractivity contribution in [2.45, 2.75) is 65.4 Å². The van der Waals surface area contributed by atoms with Gasteiger partial charge in [-0.25, -0.2) is 4.79 Å². The Balaban J connectivity index is 1.78. The maximum atomic E-state index is 12.3. The number of rotatable bonds is 8. The molecule has 0 spiro atoms. The number of carbonyl (C=O) groups is 2. The predicted octanol–water partition coefficient (Wildman–Crippen LogP) is 3.28. The molecule has 6 nitrogen and oxygen atoms in total. The first-order chi connectivity index (χ1) is 12.0. The monoisotopic (exact) mass is 350 g/mol. The molecule has 1 aromatic rings. The van der Waals surface area contributed by atoms with Crippen LogP contribution in [0.2, 0.25) is 0 Å². The molecule has 140 valence electrons. The molecule has 2 N–H and O–H groups in total. The van der Waals surface area contributed by atoms with E-state index in [0.29, 0.717) is 48.4 Å². The van der Waals surface area contributed by atoms with Crippen molar-refractivity contribution in [2.24, 2.45) is 0 Å². The fraction of sp³-hybridized carbons (Fsp3) is 0.684. The van der Waals surface area contributed by atoms with E-state index in [0.717, 1.165) is 19.3 Å². The van der Waals surface area contributed by atoms with Gasteiger partial charge >= 0.3 is 5.97 Å². The highest BCUT2D eigenvalue weighted by Crippen LogP contribution is 2.20. The van der Waals surface area contributed by atoms with Crippen LogP contribution in [-0.4, -0.2) is 42.7 Å². The summed E-state index contributed by atoms with van der Waals surface area (Å²) < 4.78 is 10.9. The first kappa shape index (κ1) is 19.5. The van der Waals surface area contributed by atoms with Crippen molar-refractivity contribution in [3.05, 3.63) is 22.5 Å². The number of esters is 1. The molecule has 0 unspecified atom stereocenters. The first-order valence-corrected chi connectivity index (χ1v) is 9.30. The van der Waals surface area contributed by atoms with E-state index in [1.54, 1.807) is 20.8 Å². The van der Waals surface area contributed by atoms with Gasteiger partial charge in [-0.1, -0.05) is 19.3 Å². The highest BCUT2D eigenvalue weighted by atomic mass is 16.5. The Kier molecular flexibility index (Phi) is 7.50. The normalized spacial score (nSPS) is 15.2. The Morgan fingerprint density at radius 3 is 2.60 bits per heavy atom. The van der Waals surface area contributed by atoms with Crippen LogP contribution in [0.15, 0.2) is 0 Å². The number of aryl methyl sites for hydroxylation is 1. The quantitative estimate of drug-likeness (QED) is 0.557. The van der Waals surface area contributed by atoms with Crippen molar-refractivity contribution in [3.63, 3.8) is 0 Å². The fourth-order valence-corrected chi connectivity index (χ4v) is 3.33. The molecular formula is C19H30N2O4. The van der Waals surface area contributed by atoms with Gasteiger partial charge in [-0.05, 0) is 45.6 Å². The Bertz CT molecular complexity index is 588. The summed E-state index contributed by atoms with van der Waals surface area (Å²) in [4.78, 5) is 27.3. The smallest absolute Gasteiger partial charge is 0.340 e. The SMILES string of the molecule is CCOC(=O)c1c(C)[nH]c(C(=O)NCCCOC2CCCCC2)c1C. The number of ether oxygens (including phenoxy) is 2. The number of aromatic amines is 1. The molecular weight excluding hydrogens is 320 g/mol. The highest BCUT2D eigenvalue weighted by Gasteiger charge is 2.22. The van der Waals surface area contributed by atoms with Crippen LogP contribution in [0.1, 0.15) is 77.6 Å². The topological polar surface area (TPSA) is 80.4 Å². The Labute approximate surface area is 149 Å². The molecule has 2 rings (SSSR count). The zero-order chi connectivity index (χ0) is 18.2. The van der Waals surface area contributed by atoms with E-state index >= 15 is 0 Å². The maximum absolute atomic E-state index is 12.3. The molecule has 25 heavy (non-hydrogen) atoms. The third-order valence-corrected chi connectivity index (χ3v) is 4.66. The molecule has 1 heterocycles. The lowest BCUT2D eigenvalue weighted by Gasteiger charge is -2.21. The van der Waals surface area contributed by atoms with Gasteiger partial charge in [-0.3, -0.25) is 4.79 Å². The highest BCUT2D eigenvalue weighted by molar-refractivity contribution is 6.00. The van der Waals surface area contributed by atoms with Crippen molar-refractivity contribution in [1.82, 2.24) is 10.3 Å². The van der Waals surface area contributed by atoms with E-state index in [-0.39, 0.29) is 5.91 Å². The minimum atomic E-state index is -0.395. The van der Waals surface area contributed by atoms with Crippen LogP contribution in [0.4, 0.5) is 0 Å². The second-order valence-electron chi connectivity index (χ2n) is 6.59. The standard InChI is InChI=1S/C19H30N2O4/c1-4-24-19(23)16-13(2)17(21-14(16)3)18(22)20-11-8-12-25-15-9-6-5-7-10-15/h15,21H,4-12H2,1-3H3,(H,20,22). The molecule has 1 aliphatic rings. The van der Waals surface area contributed by atoms with Crippen LogP contribution in [0.3, 0.4) is 0 Å². The van der Waals surface area contributed by atoms with Crippen LogP contribution in [-0.2, 0) is 9.47 Å². The number of aromatic nitrogens is 1. The van der Waals surface area contributed by atoms with Gasteiger partial charge in [0.05, 0.1) is 18.3 Å². The van der Waals surface area contributed by atoms with Gasteiger partial charge in [0, 0.05) is 18.8 Å². The minimum Gasteiger partial charge on any atom is -0.462 e. The average molecular weight is 350 g/mol. The first-order valence-electron chi connectivity index (χ1n) is 9.30. The van der Waals surface area contributed by atoms with Crippen LogP contribution in [0, 0.1) is 13.8 Å². The van der Waals surface area contributed by atoms with Crippen molar-refractivity contribution >= 4 is 11.9 Å². The second kappa shape index (κ2) is 9.61. The van der Waals surface area contributed by atoms with Crippen molar-refractivity contribution in [2.75, 3.05) is 19.8 Å². The summed E-state index contributed by atoms with van der Waals surface area (Å²) in [6.45, 7) is 6.83. The van der Waals surface area contributed by atoms with E-state index in [2.05, 4.69) is 10.3 Å². The average Bonchev–Trinajstić information content (AvgIpc) is 2.90. The summed E-state index contributed by atoms with van der Waals surface area (Å²) in [6.07, 6.45) is 7.33. The van der Waals surface area contributed by atoms with Crippen molar-refractivity contribution in [1.29, 1.82) is 0 Å². The third kappa shape index (κ3) is 5.33. The summed E-state index contributed by atoms with van der Waals surface area (Å²) in [6, 6.07) is 0. The zero-order valence-corrected chi connectivity index (χ0v) is 15.6. The molecule has 0 aromatic carbocycles.